The Morgan fingerprint density at radius 1 is 1.44 bits per heavy atom. The molecular formula is C14H19N3S. The third kappa shape index (κ3) is 4.89. The summed E-state index contributed by atoms with van der Waals surface area (Å²) in [7, 11) is 0. The molecule has 0 amide bonds. The van der Waals surface area contributed by atoms with E-state index >= 15 is 0 Å². The van der Waals surface area contributed by atoms with Crippen LogP contribution in [0, 0.1) is 23.2 Å². The number of hydrogen-bond donors (Lipinski definition) is 1. The van der Waals surface area contributed by atoms with Crippen molar-refractivity contribution in [1.82, 2.24) is 4.90 Å². The van der Waals surface area contributed by atoms with Crippen LogP contribution in [0.25, 0.3) is 0 Å². The van der Waals surface area contributed by atoms with Crippen LogP contribution >= 0.6 is 11.3 Å². The van der Waals surface area contributed by atoms with E-state index in [-0.39, 0.29) is 0 Å². The van der Waals surface area contributed by atoms with Gasteiger partial charge in [0.2, 0.25) is 0 Å². The van der Waals surface area contributed by atoms with Gasteiger partial charge < -0.3 is 5.73 Å². The highest BCUT2D eigenvalue weighted by Crippen LogP contribution is 2.18. The monoisotopic (exact) mass is 261 g/mol. The van der Waals surface area contributed by atoms with Crippen molar-refractivity contribution in [3.05, 3.63) is 21.9 Å². The average Bonchev–Trinajstić information content (AvgIpc) is 2.79. The van der Waals surface area contributed by atoms with Gasteiger partial charge in [0.05, 0.1) is 17.5 Å². The lowest BCUT2D eigenvalue weighted by Crippen LogP contribution is -2.30. The Balaban J connectivity index is 2.63. The molecule has 2 N–H and O–H groups in total. The van der Waals surface area contributed by atoms with Gasteiger partial charge in [-0.2, -0.15) is 5.26 Å². The molecule has 0 saturated heterocycles. The Bertz CT molecular complexity index is 459. The van der Waals surface area contributed by atoms with Crippen LogP contribution in [0.1, 0.15) is 30.0 Å². The van der Waals surface area contributed by atoms with Crippen LogP contribution in [0.2, 0.25) is 0 Å². The number of nitrogens with two attached hydrogens (primary N) is 1. The number of rotatable bonds is 5. The van der Waals surface area contributed by atoms with E-state index < -0.39 is 0 Å². The summed E-state index contributed by atoms with van der Waals surface area (Å²) in [5.41, 5.74) is 5.35. The highest BCUT2D eigenvalue weighted by Gasteiger charge is 2.10. The summed E-state index contributed by atoms with van der Waals surface area (Å²) in [4.78, 5) is 4.64. The standard InChI is InChI=1S/C14H19N3S/c1-12(2)17(10-4-9-16)11-14-7-6-13(18-14)5-3-8-15/h6-7,12H,4,8,10-11,15H2,1-2H3. The molecule has 0 bridgehead atoms. The van der Waals surface area contributed by atoms with Crippen LogP contribution < -0.4 is 5.73 Å². The second-order valence-electron chi connectivity index (χ2n) is 4.24. The van der Waals surface area contributed by atoms with E-state index in [1.165, 1.54) is 4.88 Å². The molecule has 0 spiro atoms. The van der Waals surface area contributed by atoms with Gasteiger partial charge in [0.15, 0.2) is 0 Å². The maximum Gasteiger partial charge on any atom is 0.0772 e. The highest BCUT2D eigenvalue weighted by atomic mass is 32.1. The summed E-state index contributed by atoms with van der Waals surface area (Å²) in [6.45, 7) is 6.40. The predicted molar refractivity (Wildman–Crippen MR) is 76.0 cm³/mol. The van der Waals surface area contributed by atoms with Crippen LogP contribution in [-0.4, -0.2) is 24.0 Å². The highest BCUT2D eigenvalue weighted by molar-refractivity contribution is 7.12. The number of thiophene rings is 1. The van der Waals surface area contributed by atoms with Crippen molar-refractivity contribution in [3.63, 3.8) is 0 Å². The maximum atomic E-state index is 8.66. The van der Waals surface area contributed by atoms with Gasteiger partial charge in [0, 0.05) is 30.4 Å². The van der Waals surface area contributed by atoms with Crippen molar-refractivity contribution in [2.45, 2.75) is 32.9 Å². The van der Waals surface area contributed by atoms with E-state index in [1.54, 1.807) is 11.3 Å². The van der Waals surface area contributed by atoms with Crippen molar-refractivity contribution in [3.8, 4) is 17.9 Å². The fourth-order valence-electron chi connectivity index (χ4n) is 1.58. The fourth-order valence-corrected chi connectivity index (χ4v) is 2.49. The van der Waals surface area contributed by atoms with Crippen molar-refractivity contribution >= 4 is 11.3 Å². The molecule has 1 aromatic heterocycles. The van der Waals surface area contributed by atoms with Crippen molar-refractivity contribution in [1.29, 1.82) is 5.26 Å². The first kappa shape index (κ1) is 14.7. The van der Waals surface area contributed by atoms with Gasteiger partial charge in [-0.05, 0) is 26.0 Å². The first-order valence-electron chi connectivity index (χ1n) is 6.06. The van der Waals surface area contributed by atoms with Crippen LogP contribution in [-0.2, 0) is 6.54 Å². The van der Waals surface area contributed by atoms with Crippen LogP contribution in [0.5, 0.6) is 0 Å². The minimum atomic E-state index is 0.396. The molecule has 0 unspecified atom stereocenters. The third-order valence-electron chi connectivity index (χ3n) is 2.58. The lowest BCUT2D eigenvalue weighted by molar-refractivity contribution is 0.220. The molecule has 0 fully saturated rings. The van der Waals surface area contributed by atoms with Gasteiger partial charge in [0.1, 0.15) is 0 Å². The SMILES string of the molecule is CC(C)N(CCC#N)Cc1ccc(C#CCN)s1. The molecule has 0 aliphatic heterocycles. The molecule has 4 heteroatoms. The smallest absolute Gasteiger partial charge is 0.0772 e. The Morgan fingerprint density at radius 2 is 2.22 bits per heavy atom. The van der Waals surface area contributed by atoms with Gasteiger partial charge in [0.25, 0.3) is 0 Å². The summed E-state index contributed by atoms with van der Waals surface area (Å²) >= 11 is 1.70. The zero-order chi connectivity index (χ0) is 13.4. The van der Waals surface area contributed by atoms with E-state index in [0.29, 0.717) is 19.0 Å². The van der Waals surface area contributed by atoms with E-state index in [0.717, 1.165) is 18.0 Å². The lowest BCUT2D eigenvalue weighted by atomic mass is 10.2. The summed E-state index contributed by atoms with van der Waals surface area (Å²) in [6.07, 6.45) is 0.573. The zero-order valence-electron chi connectivity index (χ0n) is 10.9. The van der Waals surface area contributed by atoms with E-state index in [4.69, 9.17) is 11.0 Å². The Morgan fingerprint density at radius 3 is 2.83 bits per heavy atom. The fraction of sp³-hybridized carbons (Fsp3) is 0.500. The molecule has 0 radical (unpaired) electrons. The second-order valence-corrected chi connectivity index (χ2v) is 5.41. The number of hydrogen-bond acceptors (Lipinski definition) is 4. The Kier molecular flexibility index (Phi) is 6.46. The lowest BCUT2D eigenvalue weighted by Gasteiger charge is -2.24. The van der Waals surface area contributed by atoms with Crippen LogP contribution in [0.15, 0.2) is 12.1 Å². The topological polar surface area (TPSA) is 53.0 Å². The predicted octanol–water partition coefficient (Wildman–Crippen LogP) is 2.18. The second kappa shape index (κ2) is 7.89. The normalized spacial score (nSPS) is 10.2. The van der Waals surface area contributed by atoms with Crippen molar-refractivity contribution in [2.24, 2.45) is 5.73 Å². The van der Waals surface area contributed by atoms with Crippen LogP contribution in [0.4, 0.5) is 0 Å². The molecule has 18 heavy (non-hydrogen) atoms. The quantitative estimate of drug-likeness (QED) is 0.827. The van der Waals surface area contributed by atoms with E-state index in [1.807, 2.05) is 6.07 Å². The molecule has 1 heterocycles. The Hall–Kier alpha value is -1.33. The molecule has 3 nitrogen and oxygen atoms in total. The van der Waals surface area contributed by atoms with E-state index in [2.05, 4.69) is 42.7 Å². The van der Waals surface area contributed by atoms with Crippen molar-refractivity contribution in [2.75, 3.05) is 13.1 Å². The molecule has 0 aliphatic carbocycles. The first-order chi connectivity index (χ1) is 8.67. The molecule has 0 aliphatic rings. The van der Waals surface area contributed by atoms with E-state index in [9.17, 15) is 0 Å². The molecule has 1 rings (SSSR count). The summed E-state index contributed by atoms with van der Waals surface area (Å²) < 4.78 is 0. The number of nitrogens with zero attached hydrogens (tertiary/aromatic N) is 2. The summed E-state index contributed by atoms with van der Waals surface area (Å²) in [5, 5.41) is 8.66. The zero-order valence-corrected chi connectivity index (χ0v) is 11.8. The minimum absolute atomic E-state index is 0.396. The van der Waals surface area contributed by atoms with Gasteiger partial charge in [-0.15, -0.1) is 11.3 Å². The number of nitriles is 1. The third-order valence-corrected chi connectivity index (χ3v) is 3.56. The molecule has 0 aromatic carbocycles. The molecule has 96 valence electrons. The van der Waals surface area contributed by atoms with Gasteiger partial charge in [-0.1, -0.05) is 11.8 Å². The van der Waals surface area contributed by atoms with Gasteiger partial charge in [-0.3, -0.25) is 4.90 Å². The summed E-state index contributed by atoms with van der Waals surface area (Å²) in [6, 6.07) is 6.78. The summed E-state index contributed by atoms with van der Waals surface area (Å²) in [5.74, 6) is 5.90. The minimum Gasteiger partial charge on any atom is -0.320 e. The first-order valence-corrected chi connectivity index (χ1v) is 6.87. The largest absolute Gasteiger partial charge is 0.320 e. The Labute approximate surface area is 113 Å². The van der Waals surface area contributed by atoms with Crippen LogP contribution in [0.3, 0.4) is 0 Å². The molecule has 1 aromatic rings. The molecule has 0 atom stereocenters. The molecule has 0 saturated carbocycles. The average molecular weight is 261 g/mol. The van der Waals surface area contributed by atoms with Crippen molar-refractivity contribution < 1.29 is 0 Å². The van der Waals surface area contributed by atoms with Gasteiger partial charge >= 0.3 is 0 Å². The van der Waals surface area contributed by atoms with Gasteiger partial charge in [-0.25, -0.2) is 0 Å². The molecular weight excluding hydrogens is 242 g/mol. The maximum absolute atomic E-state index is 8.66.